The summed E-state index contributed by atoms with van der Waals surface area (Å²) in [5.74, 6) is -1.94. The van der Waals surface area contributed by atoms with E-state index in [1.807, 2.05) is 44.2 Å². The Morgan fingerprint density at radius 1 is 1.15 bits per heavy atom. The lowest BCUT2D eigenvalue weighted by atomic mass is 9.98. The van der Waals surface area contributed by atoms with Crippen LogP contribution in [0.15, 0.2) is 30.3 Å². The van der Waals surface area contributed by atoms with Gasteiger partial charge in [-0.3, -0.25) is 4.90 Å². The fraction of sp³-hybridized carbons (Fsp3) is 0.577. The van der Waals surface area contributed by atoms with Crippen molar-refractivity contribution in [3.05, 3.63) is 41.5 Å². The molecule has 1 aliphatic rings. The van der Waals surface area contributed by atoms with Crippen LogP contribution in [0, 0.1) is 5.92 Å². The topological polar surface area (TPSA) is 102 Å². The Balaban J connectivity index is 2.12. The molecule has 1 heterocycles. The van der Waals surface area contributed by atoms with E-state index in [4.69, 9.17) is 14.2 Å². The van der Waals surface area contributed by atoms with Crippen molar-refractivity contribution in [1.29, 1.82) is 0 Å². The molecule has 188 valence electrons. The van der Waals surface area contributed by atoms with Crippen molar-refractivity contribution in [3.63, 3.8) is 0 Å². The highest BCUT2D eigenvalue weighted by atomic mass is 16.6. The summed E-state index contributed by atoms with van der Waals surface area (Å²) in [6.07, 6.45) is 1.16. The third-order valence-corrected chi connectivity index (χ3v) is 5.36. The quantitative estimate of drug-likeness (QED) is 0.531. The number of benzene rings is 1. The second-order valence-electron chi connectivity index (χ2n) is 9.96. The van der Waals surface area contributed by atoms with Crippen LogP contribution < -0.4 is 0 Å². The number of carbonyl (C=O) groups excluding carboxylic acids is 2. The van der Waals surface area contributed by atoms with Crippen LogP contribution in [0.5, 0.6) is 0 Å². The van der Waals surface area contributed by atoms with Gasteiger partial charge >= 0.3 is 18.0 Å². The first-order valence-corrected chi connectivity index (χ1v) is 11.6. The first kappa shape index (κ1) is 27.4. The van der Waals surface area contributed by atoms with Gasteiger partial charge in [-0.15, -0.1) is 0 Å². The summed E-state index contributed by atoms with van der Waals surface area (Å²) in [6, 6.07) is 6.59. The molecule has 0 aromatic heterocycles. The minimum absolute atomic E-state index is 0.0219. The molecule has 8 nitrogen and oxygen atoms in total. The largest absolute Gasteiger partial charge is 0.478 e. The predicted molar refractivity (Wildman–Crippen MR) is 128 cm³/mol. The van der Waals surface area contributed by atoms with Crippen LogP contribution in [0.4, 0.5) is 4.79 Å². The molecule has 0 saturated heterocycles. The summed E-state index contributed by atoms with van der Waals surface area (Å²) >= 11 is 0. The summed E-state index contributed by atoms with van der Waals surface area (Å²) in [4.78, 5) is 38.6. The van der Waals surface area contributed by atoms with Crippen molar-refractivity contribution in [1.82, 2.24) is 4.90 Å². The molecule has 8 heteroatoms. The fourth-order valence-electron chi connectivity index (χ4n) is 3.58. The van der Waals surface area contributed by atoms with Crippen molar-refractivity contribution in [2.75, 3.05) is 20.3 Å². The lowest BCUT2D eigenvalue weighted by molar-refractivity contribution is -0.167. The van der Waals surface area contributed by atoms with Gasteiger partial charge in [0.05, 0.1) is 13.2 Å². The van der Waals surface area contributed by atoms with Gasteiger partial charge in [-0.2, -0.15) is 0 Å². The number of esters is 1. The van der Waals surface area contributed by atoms with E-state index >= 15 is 0 Å². The lowest BCUT2D eigenvalue weighted by Gasteiger charge is -2.31. The van der Waals surface area contributed by atoms with Gasteiger partial charge in [-0.1, -0.05) is 44.2 Å². The normalized spacial score (nSPS) is 15.8. The fourth-order valence-corrected chi connectivity index (χ4v) is 3.58. The van der Waals surface area contributed by atoms with Gasteiger partial charge in [-0.25, -0.2) is 14.4 Å². The third kappa shape index (κ3) is 8.48. The van der Waals surface area contributed by atoms with Gasteiger partial charge in [0, 0.05) is 13.5 Å². The van der Waals surface area contributed by atoms with E-state index in [1.165, 1.54) is 17.5 Å². The SMILES string of the molecule is CC(C)C[C@@H](C(=O)O[C@H](Cc1ccc(C2=CCOCC2)cc1)C(=O)O)N(C)C(=O)OC(C)(C)C. The highest BCUT2D eigenvalue weighted by Gasteiger charge is 2.34. The molecular weight excluding hydrogens is 438 g/mol. The van der Waals surface area contributed by atoms with Crippen LogP contribution >= 0.6 is 0 Å². The maximum absolute atomic E-state index is 13.0. The highest BCUT2D eigenvalue weighted by Crippen LogP contribution is 2.23. The summed E-state index contributed by atoms with van der Waals surface area (Å²) in [7, 11) is 1.46. The number of likely N-dealkylation sites (N-methyl/N-ethyl adjacent to an activating group) is 1. The summed E-state index contributed by atoms with van der Waals surface area (Å²) in [5.41, 5.74) is 2.26. The zero-order valence-corrected chi connectivity index (χ0v) is 21.0. The van der Waals surface area contributed by atoms with E-state index in [2.05, 4.69) is 0 Å². The van der Waals surface area contributed by atoms with Gasteiger partial charge < -0.3 is 19.3 Å². The molecule has 1 N–H and O–H groups in total. The van der Waals surface area contributed by atoms with Crippen molar-refractivity contribution >= 4 is 23.6 Å². The van der Waals surface area contributed by atoms with E-state index in [0.717, 1.165) is 17.5 Å². The molecule has 34 heavy (non-hydrogen) atoms. The molecule has 0 spiro atoms. The average molecular weight is 476 g/mol. The van der Waals surface area contributed by atoms with Crippen LogP contribution in [-0.2, 0) is 30.2 Å². The number of hydrogen-bond donors (Lipinski definition) is 1. The van der Waals surface area contributed by atoms with E-state index < -0.39 is 35.8 Å². The highest BCUT2D eigenvalue weighted by molar-refractivity contribution is 5.84. The Kier molecular flexibility index (Phi) is 9.67. The van der Waals surface area contributed by atoms with Gasteiger partial charge in [0.2, 0.25) is 6.10 Å². The Morgan fingerprint density at radius 2 is 1.79 bits per heavy atom. The Hall–Kier alpha value is -2.87. The van der Waals surface area contributed by atoms with Crippen LogP contribution in [0.25, 0.3) is 5.57 Å². The number of hydrogen-bond acceptors (Lipinski definition) is 6. The van der Waals surface area contributed by atoms with E-state index in [9.17, 15) is 19.5 Å². The smallest absolute Gasteiger partial charge is 0.410 e. The predicted octanol–water partition coefficient (Wildman–Crippen LogP) is 4.31. The molecule has 0 aliphatic carbocycles. The molecule has 2 atom stereocenters. The Labute approximate surface area is 201 Å². The standard InChI is InChI=1S/C26H37NO7/c1-17(2)15-21(27(6)25(31)34-26(3,4)5)24(30)33-22(23(28)29)16-18-7-9-19(10-8-18)20-11-13-32-14-12-20/h7-11,17,21-22H,12-16H2,1-6H3,(H,28,29)/t21-,22+/m0/s1. The van der Waals surface area contributed by atoms with Gasteiger partial charge in [0.1, 0.15) is 11.6 Å². The second kappa shape index (κ2) is 12.0. The average Bonchev–Trinajstić information content (AvgIpc) is 2.76. The third-order valence-electron chi connectivity index (χ3n) is 5.36. The number of ether oxygens (including phenoxy) is 3. The number of carbonyl (C=O) groups is 3. The van der Waals surface area contributed by atoms with Crippen LogP contribution in [0.1, 0.15) is 58.6 Å². The number of amides is 1. The maximum atomic E-state index is 13.0. The molecule has 0 fully saturated rings. The lowest BCUT2D eigenvalue weighted by Crippen LogP contribution is -2.47. The summed E-state index contributed by atoms with van der Waals surface area (Å²) in [6.45, 7) is 10.3. The first-order chi connectivity index (χ1) is 15.9. The van der Waals surface area contributed by atoms with Crippen molar-refractivity contribution in [3.8, 4) is 0 Å². The minimum atomic E-state index is -1.37. The summed E-state index contributed by atoms with van der Waals surface area (Å²) in [5, 5.41) is 9.70. The minimum Gasteiger partial charge on any atom is -0.478 e. The molecule has 0 bridgehead atoms. The van der Waals surface area contributed by atoms with E-state index in [-0.39, 0.29) is 12.3 Å². The Bertz CT molecular complexity index is 883. The van der Waals surface area contributed by atoms with Crippen LogP contribution in [0.2, 0.25) is 0 Å². The van der Waals surface area contributed by atoms with Crippen molar-refractivity contribution in [2.24, 2.45) is 5.92 Å². The molecule has 0 radical (unpaired) electrons. The maximum Gasteiger partial charge on any atom is 0.410 e. The summed E-state index contributed by atoms with van der Waals surface area (Å²) < 4.78 is 16.1. The molecule has 1 amide bonds. The molecular formula is C26H37NO7. The number of carboxylic acid groups (broad SMARTS) is 1. The van der Waals surface area contributed by atoms with Crippen LogP contribution in [0.3, 0.4) is 0 Å². The number of carboxylic acids is 1. The number of nitrogens with zero attached hydrogens (tertiary/aromatic N) is 1. The van der Waals surface area contributed by atoms with E-state index in [0.29, 0.717) is 19.6 Å². The molecule has 2 rings (SSSR count). The Morgan fingerprint density at radius 3 is 2.29 bits per heavy atom. The van der Waals surface area contributed by atoms with E-state index in [1.54, 1.807) is 20.8 Å². The van der Waals surface area contributed by atoms with Crippen molar-refractivity contribution in [2.45, 2.75) is 71.6 Å². The molecule has 0 saturated carbocycles. The molecule has 0 unspecified atom stereocenters. The van der Waals surface area contributed by atoms with Gasteiger partial charge in [-0.05, 0) is 56.2 Å². The van der Waals surface area contributed by atoms with Gasteiger partial charge in [0.15, 0.2) is 0 Å². The first-order valence-electron chi connectivity index (χ1n) is 11.6. The molecule has 1 aromatic carbocycles. The van der Waals surface area contributed by atoms with Crippen LogP contribution in [-0.4, -0.2) is 66.0 Å². The monoisotopic (exact) mass is 475 g/mol. The van der Waals surface area contributed by atoms with Gasteiger partial charge in [0.25, 0.3) is 0 Å². The zero-order valence-electron chi connectivity index (χ0n) is 21.0. The molecule has 1 aliphatic heterocycles. The van der Waals surface area contributed by atoms with Crippen molar-refractivity contribution < 1.29 is 33.7 Å². The second-order valence-corrected chi connectivity index (χ2v) is 9.96. The zero-order chi connectivity index (χ0) is 25.5. The number of aliphatic carboxylic acids is 1. The number of rotatable bonds is 9. The molecule has 1 aromatic rings.